The maximum atomic E-state index is 14.4. The Kier molecular flexibility index (Phi) is 7.55. The number of para-hydroxylation sites is 1. The van der Waals surface area contributed by atoms with Crippen molar-refractivity contribution >= 4 is 49.5 Å². The van der Waals surface area contributed by atoms with Crippen LogP contribution in [-0.2, 0) is 22.5 Å². The molecule has 0 bridgehead atoms. The van der Waals surface area contributed by atoms with Crippen molar-refractivity contribution in [3.8, 4) is 6.07 Å². The predicted molar refractivity (Wildman–Crippen MR) is 165 cm³/mol. The summed E-state index contributed by atoms with van der Waals surface area (Å²) in [4.78, 5) is 36.3. The van der Waals surface area contributed by atoms with Crippen LogP contribution in [0, 0.1) is 11.3 Å². The van der Waals surface area contributed by atoms with E-state index in [0.29, 0.717) is 37.7 Å². The number of nitrogens with two attached hydrogens (primary N) is 1. The van der Waals surface area contributed by atoms with Crippen molar-refractivity contribution < 1.29 is 14.3 Å². The van der Waals surface area contributed by atoms with Gasteiger partial charge in [-0.15, -0.1) is 0 Å². The topological polar surface area (TPSA) is 163 Å². The molecular weight excluding hydrogens is 580 g/mol. The van der Waals surface area contributed by atoms with Crippen LogP contribution in [0.15, 0.2) is 42.6 Å². The van der Waals surface area contributed by atoms with Crippen molar-refractivity contribution in [3.63, 3.8) is 0 Å². The molecule has 2 aromatic heterocycles. The van der Waals surface area contributed by atoms with E-state index in [1.54, 1.807) is 6.20 Å². The molecule has 0 radical (unpaired) electrons. The van der Waals surface area contributed by atoms with E-state index < -0.39 is 6.04 Å². The number of hydrogen-bond donors (Lipinski definition) is 3. The van der Waals surface area contributed by atoms with Gasteiger partial charge in [0, 0.05) is 18.5 Å². The molecule has 3 aliphatic heterocycles. The van der Waals surface area contributed by atoms with Gasteiger partial charge in [-0.25, -0.2) is 19.7 Å². The number of benzene rings is 2. The molecule has 0 aliphatic carbocycles. The number of H-pyrrole nitrogens is 1. The zero-order valence-electron chi connectivity index (χ0n) is 24.3. The number of nitrogens with zero attached hydrogens (tertiary/aromatic N) is 7. The predicted octanol–water partition coefficient (Wildman–Crippen LogP) is 2.63. The van der Waals surface area contributed by atoms with E-state index in [2.05, 4.69) is 44.5 Å². The van der Waals surface area contributed by atoms with E-state index in [1.807, 2.05) is 40.2 Å². The zero-order chi connectivity index (χ0) is 30.4. The molecule has 3 amide bonds. The molecule has 44 heavy (non-hydrogen) atoms. The molecule has 3 fully saturated rings. The minimum Gasteiger partial charge on any atom is -0.375 e. The van der Waals surface area contributed by atoms with Crippen molar-refractivity contribution in [2.75, 3.05) is 31.9 Å². The maximum Gasteiger partial charge on any atom is 0.332 e. The van der Waals surface area contributed by atoms with Crippen molar-refractivity contribution in [3.05, 3.63) is 53.7 Å². The highest BCUT2D eigenvalue weighted by atomic mass is 32.1. The highest BCUT2D eigenvalue weighted by Crippen LogP contribution is 2.41. The first-order valence-electron chi connectivity index (χ1n) is 14.9. The van der Waals surface area contributed by atoms with Gasteiger partial charge in [-0.05, 0) is 42.2 Å². The lowest BCUT2D eigenvalue weighted by molar-refractivity contribution is -0.174. The van der Waals surface area contributed by atoms with Crippen LogP contribution >= 0.6 is 11.3 Å². The van der Waals surface area contributed by atoms with Crippen LogP contribution in [0.1, 0.15) is 30.9 Å². The number of piperazine rings is 1. The highest BCUT2D eigenvalue weighted by Gasteiger charge is 2.60. The number of aromatic nitrogens is 3. The monoisotopic (exact) mass is 614 g/mol. The van der Waals surface area contributed by atoms with Crippen molar-refractivity contribution in [1.29, 1.82) is 5.26 Å². The molecule has 3 saturated heterocycles. The lowest BCUT2D eigenvalue weighted by atomic mass is 9.97. The minimum atomic E-state index is -0.553. The summed E-state index contributed by atoms with van der Waals surface area (Å²) < 4.78 is 7.07. The summed E-state index contributed by atoms with van der Waals surface area (Å²) in [5.74, 6) is -0.0240. The molecule has 2 aromatic carbocycles. The third kappa shape index (κ3) is 5.22. The smallest absolute Gasteiger partial charge is 0.332 e. The van der Waals surface area contributed by atoms with Gasteiger partial charge in [0.25, 0.3) is 0 Å². The van der Waals surface area contributed by atoms with Crippen LogP contribution < -0.4 is 11.1 Å². The number of carbonyl (C=O) groups is 2. The number of ether oxygens (including phenoxy) is 1. The third-order valence-electron chi connectivity index (χ3n) is 8.63. The molecule has 3 aliphatic rings. The fourth-order valence-corrected chi connectivity index (χ4v) is 7.24. The number of nitrogens with one attached hydrogen (secondary N) is 2. The van der Waals surface area contributed by atoms with E-state index in [4.69, 9.17) is 10.5 Å². The number of nitriles is 1. The molecule has 4 N–H and O–H groups in total. The van der Waals surface area contributed by atoms with Crippen molar-refractivity contribution in [2.24, 2.45) is 0 Å². The Morgan fingerprint density at radius 3 is 3.05 bits per heavy atom. The van der Waals surface area contributed by atoms with E-state index >= 15 is 0 Å². The van der Waals surface area contributed by atoms with Crippen LogP contribution in [0.5, 0.6) is 0 Å². The Morgan fingerprint density at radius 1 is 1.32 bits per heavy atom. The molecule has 5 heterocycles. The summed E-state index contributed by atoms with van der Waals surface area (Å²) in [6.07, 6.45) is 3.21. The molecule has 0 spiro atoms. The van der Waals surface area contributed by atoms with Gasteiger partial charge in [-0.3, -0.25) is 9.89 Å². The molecule has 13 nitrogen and oxygen atoms in total. The molecule has 7 rings (SSSR count). The van der Waals surface area contributed by atoms with Crippen molar-refractivity contribution in [2.45, 2.75) is 57.3 Å². The summed E-state index contributed by atoms with van der Waals surface area (Å²) in [5, 5.41) is 24.7. The summed E-state index contributed by atoms with van der Waals surface area (Å²) in [7, 11) is 0. The molecule has 2 unspecified atom stereocenters. The number of urea groups is 1. The van der Waals surface area contributed by atoms with Gasteiger partial charge in [0.1, 0.15) is 25.0 Å². The van der Waals surface area contributed by atoms with E-state index in [-0.39, 0.29) is 37.0 Å². The van der Waals surface area contributed by atoms with Gasteiger partial charge in [0.15, 0.2) is 5.13 Å². The summed E-state index contributed by atoms with van der Waals surface area (Å²) in [5.41, 5.74) is 9.66. The van der Waals surface area contributed by atoms with Crippen molar-refractivity contribution in [1.82, 2.24) is 40.3 Å². The Balaban J connectivity index is 1.25. The van der Waals surface area contributed by atoms with E-state index in [0.717, 1.165) is 45.1 Å². The summed E-state index contributed by atoms with van der Waals surface area (Å²) >= 11 is 1.42. The number of amides is 3. The Labute approximate surface area is 258 Å². The quantitative estimate of drug-likeness (QED) is 0.146. The van der Waals surface area contributed by atoms with Crippen LogP contribution in [0.3, 0.4) is 0 Å². The second-order valence-electron chi connectivity index (χ2n) is 11.5. The Morgan fingerprint density at radius 2 is 2.20 bits per heavy atom. The molecular formula is C30H34N10O3S. The number of fused-ring (bicyclic) bond motifs is 5. The first-order chi connectivity index (χ1) is 21.4. The van der Waals surface area contributed by atoms with Gasteiger partial charge in [0.05, 0.1) is 47.1 Å². The van der Waals surface area contributed by atoms with Gasteiger partial charge < -0.3 is 20.7 Å². The number of unbranched alkanes of at least 4 members (excludes halogenated alkanes) is 1. The standard InChI is InChI=1S/C30H34N10O3S/c1-2-3-10-33-30(42)38(11-9-31)39-16-23-28(43-23)40-22(13-18-7-8-21-20(12-18)14-34-36-21)27(41)37(17-25(39)40)15-19-5-4-6-24-26(19)35-29(32)44-24/h4-8,12,14,22-23,25,28H,2-3,10-11,13,15-17H2,1H3,(H2,32,35)(H,33,42)(H,34,36)/t22-,23?,25+,28?/m0/s1. The molecule has 4 atom stereocenters. The highest BCUT2D eigenvalue weighted by molar-refractivity contribution is 7.22. The Bertz CT molecular complexity index is 1750. The number of anilines is 1. The summed E-state index contributed by atoms with van der Waals surface area (Å²) in [6.45, 7) is 3.57. The number of epoxide rings is 1. The first-order valence-corrected chi connectivity index (χ1v) is 15.7. The number of hydrogen-bond acceptors (Lipinski definition) is 10. The number of aromatic amines is 1. The molecule has 14 heteroatoms. The van der Waals surface area contributed by atoms with Crippen LogP contribution in [0.4, 0.5) is 9.93 Å². The first kappa shape index (κ1) is 28.5. The van der Waals surface area contributed by atoms with Crippen LogP contribution in [0.25, 0.3) is 21.1 Å². The van der Waals surface area contributed by atoms with E-state index in [9.17, 15) is 14.9 Å². The second-order valence-corrected chi connectivity index (χ2v) is 12.5. The normalized spacial score (nSPS) is 23.4. The lowest BCUT2D eigenvalue weighted by Gasteiger charge is -2.53. The SMILES string of the molecule is CCCCNC(=O)N(CC#N)N1CC2OC2N2[C@@H](Cc3ccc4[nH]ncc4c3)C(=O)N(Cc3cccc4sc(N)nc34)C[C@@H]21. The zero-order valence-corrected chi connectivity index (χ0v) is 25.2. The van der Waals surface area contributed by atoms with Crippen LogP contribution in [0.2, 0.25) is 0 Å². The second kappa shape index (κ2) is 11.7. The number of nitrogen functional groups attached to an aromatic ring is 1. The maximum absolute atomic E-state index is 14.4. The van der Waals surface area contributed by atoms with Crippen LogP contribution in [-0.4, -0.2) is 97.7 Å². The molecule has 228 valence electrons. The number of carbonyl (C=O) groups excluding carboxylic acids is 2. The number of rotatable bonds is 9. The van der Waals surface area contributed by atoms with Gasteiger partial charge >= 0.3 is 6.03 Å². The molecule has 4 aromatic rings. The average molecular weight is 615 g/mol. The summed E-state index contributed by atoms with van der Waals surface area (Å²) in [6, 6.07) is 13.2. The lowest BCUT2D eigenvalue weighted by Crippen LogP contribution is -2.73. The average Bonchev–Trinajstić information content (AvgIpc) is 3.45. The van der Waals surface area contributed by atoms with E-state index in [1.165, 1.54) is 16.3 Å². The Hall–Kier alpha value is -4.29. The fourth-order valence-electron chi connectivity index (χ4n) is 6.46. The largest absolute Gasteiger partial charge is 0.375 e. The van der Waals surface area contributed by atoms with Gasteiger partial charge in [-0.2, -0.15) is 15.4 Å². The molecule has 0 saturated carbocycles. The third-order valence-corrected chi connectivity index (χ3v) is 9.48. The van der Waals surface area contributed by atoms with Gasteiger partial charge in [-0.1, -0.05) is 42.9 Å². The van der Waals surface area contributed by atoms with Gasteiger partial charge in [0.2, 0.25) is 5.91 Å². The fraction of sp³-hybridized carbons (Fsp3) is 0.433. The minimum absolute atomic E-state index is 0.0240. The number of hydrazine groups is 1. The number of thiazole rings is 1.